The van der Waals surface area contributed by atoms with Crippen LogP contribution in [0.1, 0.15) is 94.0 Å². The number of ether oxygens (including phenoxy) is 4. The lowest BCUT2D eigenvalue weighted by Crippen LogP contribution is -2.10. The Hall–Kier alpha value is -8.33. The van der Waals surface area contributed by atoms with Crippen LogP contribution in [0.25, 0.3) is 44.5 Å². The SMILES string of the molecule is Cc1cc2c(cc1-c1cc3c(cc1C(F)(F)F)C(=O)OC3=O)C(=O)OC2=O.O=C1OC(=O)c2cc(-c3cc4c(cc3-c3ccccc3)C(=O)OC4=O)c(-c3ccccc3)cc21. The van der Waals surface area contributed by atoms with Crippen LogP contribution in [0, 0.1) is 6.92 Å². The topological polar surface area (TPSA) is 173 Å². The molecular formula is C46H21F3O12. The van der Waals surface area contributed by atoms with E-state index in [1.54, 1.807) is 24.3 Å². The zero-order chi connectivity index (χ0) is 43.1. The number of benzene rings is 6. The molecule has 4 aliphatic heterocycles. The number of rotatable bonds is 4. The summed E-state index contributed by atoms with van der Waals surface area (Å²) >= 11 is 0. The molecule has 6 aromatic carbocycles. The monoisotopic (exact) mass is 822 g/mol. The fourth-order valence-corrected chi connectivity index (χ4v) is 7.54. The molecule has 0 aromatic heterocycles. The molecule has 6 aromatic rings. The summed E-state index contributed by atoms with van der Waals surface area (Å²) in [6, 6.07) is 29.1. The second kappa shape index (κ2) is 13.9. The second-order valence-corrected chi connectivity index (χ2v) is 14.0. The molecular weight excluding hydrogens is 801 g/mol. The van der Waals surface area contributed by atoms with Gasteiger partial charge < -0.3 is 18.9 Å². The quantitative estimate of drug-likeness (QED) is 0.0943. The van der Waals surface area contributed by atoms with E-state index in [0.717, 1.165) is 23.3 Å². The summed E-state index contributed by atoms with van der Waals surface area (Å²) in [5, 5.41) is 0. The molecule has 0 unspecified atom stereocenters. The number of aryl methyl sites for hydroxylation is 1. The highest BCUT2D eigenvalue weighted by atomic mass is 19.4. The first-order valence-corrected chi connectivity index (χ1v) is 18.0. The lowest BCUT2D eigenvalue weighted by atomic mass is 9.85. The van der Waals surface area contributed by atoms with E-state index in [2.05, 4.69) is 9.47 Å². The van der Waals surface area contributed by atoms with E-state index < -0.39 is 70.6 Å². The van der Waals surface area contributed by atoms with Gasteiger partial charge in [-0.1, -0.05) is 60.7 Å². The van der Waals surface area contributed by atoms with Gasteiger partial charge in [-0.15, -0.1) is 0 Å². The normalized spacial score (nSPS) is 14.7. The number of carbonyl (C=O) groups is 8. The highest BCUT2D eigenvalue weighted by Gasteiger charge is 2.41. The molecule has 0 N–H and O–H groups in total. The maximum absolute atomic E-state index is 13.6. The van der Waals surface area contributed by atoms with Crippen LogP contribution in [0.4, 0.5) is 13.2 Å². The minimum absolute atomic E-state index is 0.0253. The van der Waals surface area contributed by atoms with Gasteiger partial charge in [0.25, 0.3) is 0 Å². The zero-order valence-corrected chi connectivity index (χ0v) is 30.9. The number of alkyl halides is 3. The van der Waals surface area contributed by atoms with Gasteiger partial charge in [-0.3, -0.25) is 0 Å². The molecule has 0 saturated carbocycles. The fourth-order valence-electron chi connectivity index (χ4n) is 7.54. The molecule has 0 atom stereocenters. The van der Waals surface area contributed by atoms with Crippen LogP contribution in [0.3, 0.4) is 0 Å². The maximum Gasteiger partial charge on any atom is 0.417 e. The molecule has 0 fully saturated rings. The summed E-state index contributed by atoms with van der Waals surface area (Å²) in [6.07, 6.45) is -4.85. The highest BCUT2D eigenvalue weighted by Crippen LogP contribution is 2.45. The van der Waals surface area contributed by atoms with Crippen LogP contribution >= 0.6 is 0 Å². The van der Waals surface area contributed by atoms with Crippen molar-refractivity contribution in [3.8, 4) is 44.5 Å². The minimum atomic E-state index is -4.85. The van der Waals surface area contributed by atoms with E-state index in [1.165, 1.54) is 13.0 Å². The van der Waals surface area contributed by atoms with Crippen molar-refractivity contribution in [2.45, 2.75) is 13.1 Å². The third-order valence-corrected chi connectivity index (χ3v) is 10.4. The molecule has 4 aliphatic rings. The van der Waals surface area contributed by atoms with Crippen molar-refractivity contribution in [3.63, 3.8) is 0 Å². The van der Waals surface area contributed by atoms with Crippen LogP contribution in [-0.4, -0.2) is 47.8 Å². The molecule has 12 nitrogen and oxygen atoms in total. The smallest absolute Gasteiger partial charge is 0.386 e. The summed E-state index contributed by atoms with van der Waals surface area (Å²) in [5.74, 6) is -6.92. The van der Waals surface area contributed by atoms with E-state index >= 15 is 0 Å². The molecule has 0 bridgehead atoms. The van der Waals surface area contributed by atoms with Crippen molar-refractivity contribution in [3.05, 3.63) is 165 Å². The van der Waals surface area contributed by atoms with Gasteiger partial charge in [0.05, 0.1) is 50.1 Å². The number of fused-ring (bicyclic) bond motifs is 4. The third kappa shape index (κ3) is 6.35. The van der Waals surface area contributed by atoms with Crippen LogP contribution in [-0.2, 0) is 25.1 Å². The third-order valence-electron chi connectivity index (χ3n) is 10.4. The van der Waals surface area contributed by atoms with Gasteiger partial charge in [-0.2, -0.15) is 13.2 Å². The van der Waals surface area contributed by atoms with Crippen molar-refractivity contribution in [1.29, 1.82) is 0 Å². The molecule has 298 valence electrons. The molecule has 61 heavy (non-hydrogen) atoms. The van der Waals surface area contributed by atoms with Crippen LogP contribution in [0.15, 0.2) is 109 Å². The van der Waals surface area contributed by atoms with E-state index in [-0.39, 0.29) is 50.1 Å². The van der Waals surface area contributed by atoms with E-state index in [0.29, 0.717) is 28.3 Å². The van der Waals surface area contributed by atoms with Gasteiger partial charge in [0, 0.05) is 0 Å². The first-order valence-electron chi connectivity index (χ1n) is 18.0. The van der Waals surface area contributed by atoms with Gasteiger partial charge >= 0.3 is 53.9 Å². The van der Waals surface area contributed by atoms with Crippen LogP contribution in [0.5, 0.6) is 0 Å². The molecule has 10 rings (SSSR count). The minimum Gasteiger partial charge on any atom is -0.386 e. The Bertz CT molecular complexity index is 2940. The molecule has 0 radical (unpaired) electrons. The number of halogens is 3. The Labute approximate surface area is 340 Å². The Morgan fingerprint density at radius 3 is 0.951 bits per heavy atom. The Kier molecular flexibility index (Phi) is 8.71. The van der Waals surface area contributed by atoms with E-state index in [4.69, 9.17) is 9.47 Å². The van der Waals surface area contributed by atoms with Gasteiger partial charge in [-0.25, -0.2) is 38.4 Å². The molecule has 0 amide bonds. The van der Waals surface area contributed by atoms with Crippen molar-refractivity contribution in [1.82, 2.24) is 0 Å². The first kappa shape index (κ1) is 38.2. The molecule has 15 heteroatoms. The molecule has 0 spiro atoms. The van der Waals surface area contributed by atoms with Crippen molar-refractivity contribution >= 4 is 47.8 Å². The predicted molar refractivity (Wildman–Crippen MR) is 203 cm³/mol. The van der Waals surface area contributed by atoms with E-state index in [9.17, 15) is 51.5 Å². The number of cyclic esters (lactones) is 8. The molecule has 0 aliphatic carbocycles. The summed E-state index contributed by atoms with van der Waals surface area (Å²) in [6.45, 7) is 1.45. The predicted octanol–water partition coefficient (Wildman–Crippen LogP) is 8.61. The van der Waals surface area contributed by atoms with Crippen molar-refractivity contribution in [2.75, 3.05) is 0 Å². The van der Waals surface area contributed by atoms with Crippen molar-refractivity contribution < 1.29 is 70.5 Å². The average Bonchev–Trinajstić information content (AvgIpc) is 3.89. The standard InChI is InChI=1S/C28H14O6.C18H7F3O6/c29-25-21-11-17(15-7-3-1-4-8-15)19(13-23(21)27(31)33-25)20-14-24-22(26(30)34-28(24)32)12-18(20)16-9-5-2-6-10-16;1-6-2-9-10(15(23)26-14(9)22)3-7(6)8-4-11-12(17(25)27-16(11)24)5-13(8)18(19,20)21/h1-14H;2-5H,1H3. The van der Waals surface area contributed by atoms with Crippen molar-refractivity contribution in [2.24, 2.45) is 0 Å². The number of hydrogen-bond acceptors (Lipinski definition) is 12. The number of hydrogen-bond donors (Lipinski definition) is 0. The summed E-state index contributed by atoms with van der Waals surface area (Å²) in [5.41, 5.74) is 2.52. The fraction of sp³-hybridized carbons (Fsp3) is 0.0435. The van der Waals surface area contributed by atoms with E-state index in [1.807, 2.05) is 60.7 Å². The zero-order valence-electron chi connectivity index (χ0n) is 30.9. The first-order chi connectivity index (χ1) is 29.1. The Balaban J connectivity index is 0.000000161. The largest absolute Gasteiger partial charge is 0.417 e. The Morgan fingerprint density at radius 1 is 0.328 bits per heavy atom. The molecule has 0 saturated heterocycles. The van der Waals surface area contributed by atoms with Crippen LogP contribution in [0.2, 0.25) is 0 Å². The second-order valence-electron chi connectivity index (χ2n) is 14.0. The molecule has 4 heterocycles. The summed E-state index contributed by atoms with van der Waals surface area (Å²) in [4.78, 5) is 96.0. The van der Waals surface area contributed by atoms with Gasteiger partial charge in [0.1, 0.15) is 0 Å². The number of esters is 8. The average molecular weight is 823 g/mol. The van der Waals surface area contributed by atoms with Crippen LogP contribution < -0.4 is 0 Å². The lowest BCUT2D eigenvalue weighted by Gasteiger charge is -2.17. The number of carbonyl (C=O) groups excluding carboxylic acids is 8. The highest BCUT2D eigenvalue weighted by molar-refractivity contribution is 6.19. The summed E-state index contributed by atoms with van der Waals surface area (Å²) in [7, 11) is 0. The van der Waals surface area contributed by atoms with Gasteiger partial charge in [0.15, 0.2) is 0 Å². The van der Waals surface area contributed by atoms with Gasteiger partial charge in [0.2, 0.25) is 0 Å². The summed E-state index contributed by atoms with van der Waals surface area (Å²) < 4.78 is 59.3. The van der Waals surface area contributed by atoms with Gasteiger partial charge in [-0.05, 0) is 106 Å². The Morgan fingerprint density at radius 2 is 0.607 bits per heavy atom. The lowest BCUT2D eigenvalue weighted by molar-refractivity contribution is -0.137. The maximum atomic E-state index is 13.6.